The molecule has 14 heteroatoms. The molecule has 1 aromatic rings. The van der Waals surface area contributed by atoms with Gasteiger partial charge in [-0.1, -0.05) is 65.8 Å². The lowest BCUT2D eigenvalue weighted by molar-refractivity contribution is -0.144. The second kappa shape index (κ2) is 16.0. The Balaban J connectivity index is 1.62. The molecule has 1 unspecified atom stereocenters. The van der Waals surface area contributed by atoms with E-state index in [0.717, 1.165) is 17.4 Å². The number of hydrogen-bond acceptors (Lipinski definition) is 7. The van der Waals surface area contributed by atoms with Gasteiger partial charge in [-0.05, 0) is 65.4 Å². The number of ketones is 1. The summed E-state index contributed by atoms with van der Waals surface area (Å²) in [4.78, 5) is 70.1. The summed E-state index contributed by atoms with van der Waals surface area (Å²) < 4.78 is 25.6. The first-order valence-corrected chi connectivity index (χ1v) is 20.0. The molecule has 1 aromatic carbocycles. The van der Waals surface area contributed by atoms with Crippen LogP contribution >= 0.6 is 0 Å². The van der Waals surface area contributed by atoms with Gasteiger partial charge in [-0.3, -0.25) is 19.2 Å². The molecule has 2 aliphatic carbocycles. The molecular weight excluding hydrogens is 685 g/mol. The Bertz CT molecular complexity index is 1670. The van der Waals surface area contributed by atoms with Gasteiger partial charge in [0.15, 0.2) is 0 Å². The zero-order chi connectivity index (χ0) is 38.8. The molecule has 1 aliphatic heterocycles. The Morgan fingerprint density at radius 2 is 1.67 bits per heavy atom. The van der Waals surface area contributed by atoms with Gasteiger partial charge in [-0.15, -0.1) is 12.3 Å². The van der Waals surface area contributed by atoms with Crippen LogP contribution in [0.1, 0.15) is 71.9 Å². The van der Waals surface area contributed by atoms with Crippen molar-refractivity contribution in [2.24, 2.45) is 28.6 Å². The Morgan fingerprint density at radius 3 is 2.21 bits per heavy atom. The lowest BCUT2D eigenvalue weighted by Crippen LogP contribution is -2.61. The molecule has 4 rings (SSSR count). The van der Waals surface area contributed by atoms with Crippen LogP contribution in [0.3, 0.4) is 0 Å². The van der Waals surface area contributed by atoms with Crippen molar-refractivity contribution in [3.8, 4) is 12.3 Å². The van der Waals surface area contributed by atoms with Crippen LogP contribution in [0.15, 0.2) is 24.3 Å². The molecule has 286 valence electrons. The quantitative estimate of drug-likeness (QED) is 0.157. The summed E-state index contributed by atoms with van der Waals surface area (Å²) in [7, 11) is -2.08. The van der Waals surface area contributed by atoms with Crippen molar-refractivity contribution in [1.82, 2.24) is 30.5 Å². The number of Topliss-reactive ketones (excluding diaryl/α,β-unsaturated/α-hetero) is 1. The number of likely N-dealkylation sites (N-methyl/N-ethyl adjacent to an activating group) is 1. The third-order valence-electron chi connectivity index (χ3n) is 11.2. The summed E-state index contributed by atoms with van der Waals surface area (Å²) in [6.07, 6.45) is 8.49. The maximum atomic E-state index is 14.8. The van der Waals surface area contributed by atoms with E-state index in [4.69, 9.17) is 6.42 Å². The van der Waals surface area contributed by atoms with Crippen molar-refractivity contribution in [2.75, 3.05) is 32.9 Å². The fraction of sp³-hybridized carbons (Fsp3) is 0.658. The van der Waals surface area contributed by atoms with E-state index in [1.807, 2.05) is 65.8 Å². The van der Waals surface area contributed by atoms with Gasteiger partial charge in [0.25, 0.3) is 5.91 Å². The number of nitrogens with zero attached hydrogens (tertiary/aromatic N) is 2. The molecule has 1 saturated carbocycles. The topological polar surface area (TPSA) is 174 Å². The smallest absolute Gasteiger partial charge is 0.315 e. The number of urea groups is 1. The van der Waals surface area contributed by atoms with Crippen LogP contribution in [-0.4, -0.2) is 104 Å². The van der Waals surface area contributed by atoms with Gasteiger partial charge < -0.3 is 26.2 Å². The van der Waals surface area contributed by atoms with Crippen LogP contribution in [-0.2, 0) is 42.0 Å². The van der Waals surface area contributed by atoms with E-state index < -0.39 is 69.1 Å². The fourth-order valence-electron chi connectivity index (χ4n) is 7.71. The first-order chi connectivity index (χ1) is 24.2. The SMILES string of the molecule is C#CCCC(NC(=O)[C@@H]1[C@@H]2[C@H](CN1C(=O)[C@@H](NC(=O)N[C@H](CN(C)S(C)(=O)=O)C(C)(C)C)C1Cc3ccccc3C1)C2(C)C)C(=O)C(=O)NCCC. The number of benzene rings is 1. The van der Waals surface area contributed by atoms with Gasteiger partial charge in [-0.2, -0.15) is 0 Å². The molecule has 3 aliphatic rings. The number of piperidine rings is 1. The molecule has 52 heavy (non-hydrogen) atoms. The first-order valence-electron chi connectivity index (χ1n) is 18.1. The number of hydrogen-bond donors (Lipinski definition) is 4. The number of sulfonamides is 1. The summed E-state index contributed by atoms with van der Waals surface area (Å²) in [5.74, 6) is -0.578. The van der Waals surface area contributed by atoms with Crippen LogP contribution in [0.2, 0.25) is 0 Å². The average molecular weight is 741 g/mol. The third-order valence-corrected chi connectivity index (χ3v) is 12.5. The Kier molecular flexibility index (Phi) is 12.5. The fourth-order valence-corrected chi connectivity index (χ4v) is 8.13. The van der Waals surface area contributed by atoms with Gasteiger partial charge in [0.2, 0.25) is 27.6 Å². The molecule has 1 saturated heterocycles. The molecule has 0 aromatic heterocycles. The van der Waals surface area contributed by atoms with E-state index >= 15 is 0 Å². The molecule has 4 N–H and O–H groups in total. The molecule has 2 fully saturated rings. The number of nitrogens with one attached hydrogen (secondary N) is 4. The zero-order valence-electron chi connectivity index (χ0n) is 31.7. The Labute approximate surface area is 308 Å². The Morgan fingerprint density at radius 1 is 1.06 bits per heavy atom. The van der Waals surface area contributed by atoms with Crippen LogP contribution in [0.25, 0.3) is 0 Å². The summed E-state index contributed by atoms with van der Waals surface area (Å²) in [5, 5.41) is 11.2. The molecule has 5 amide bonds. The maximum absolute atomic E-state index is 14.8. The van der Waals surface area contributed by atoms with E-state index in [1.165, 1.54) is 16.3 Å². The Hall–Kier alpha value is -3.96. The number of amides is 5. The molecule has 0 radical (unpaired) electrons. The maximum Gasteiger partial charge on any atom is 0.315 e. The van der Waals surface area contributed by atoms with E-state index in [9.17, 15) is 32.4 Å². The van der Waals surface area contributed by atoms with Crippen molar-refractivity contribution in [1.29, 1.82) is 0 Å². The van der Waals surface area contributed by atoms with Crippen molar-refractivity contribution in [2.45, 2.75) is 97.8 Å². The standard InChI is InChI=1S/C38H56N6O7S/c1-10-12-17-27(32(45)34(47)39-18-11-2)40-33(46)31-29-26(38(29,6)7)21-44(31)35(48)30(25-19-23-15-13-14-16-24(23)20-25)42-36(49)41-28(37(3,4)5)22-43(8)52(9,50)51/h1,13-16,25-31H,11-12,17-22H2,2-9H3,(H,39,47)(H,40,46)(H2,41,42,49)/t26-,27?,28+,29-,30-,31-/m0/s1. The molecule has 6 atom stereocenters. The van der Waals surface area contributed by atoms with Gasteiger partial charge in [0, 0.05) is 39.1 Å². The molecule has 0 bridgehead atoms. The average Bonchev–Trinajstić information content (AvgIpc) is 3.42. The number of carbonyl (C=O) groups is 5. The molecule has 1 heterocycles. The minimum absolute atomic E-state index is 0.0199. The van der Waals surface area contributed by atoms with Gasteiger partial charge in [0.05, 0.1) is 12.3 Å². The zero-order valence-corrected chi connectivity index (χ0v) is 32.6. The van der Waals surface area contributed by atoms with Crippen LogP contribution in [0.5, 0.6) is 0 Å². The molecule has 13 nitrogen and oxygen atoms in total. The molecular formula is C38H56N6O7S. The molecule has 0 spiro atoms. The highest BCUT2D eigenvalue weighted by Gasteiger charge is 2.69. The predicted octanol–water partition coefficient (Wildman–Crippen LogP) is 1.85. The van der Waals surface area contributed by atoms with Gasteiger partial charge in [0.1, 0.15) is 12.1 Å². The largest absolute Gasteiger partial charge is 0.349 e. The lowest BCUT2D eigenvalue weighted by Gasteiger charge is -2.37. The van der Waals surface area contributed by atoms with Gasteiger partial charge in [-0.25, -0.2) is 17.5 Å². The van der Waals surface area contributed by atoms with Crippen molar-refractivity contribution < 1.29 is 32.4 Å². The summed E-state index contributed by atoms with van der Waals surface area (Å²) in [6, 6.07) is 3.52. The van der Waals surface area contributed by atoms with Crippen molar-refractivity contribution >= 4 is 39.6 Å². The lowest BCUT2D eigenvalue weighted by atomic mass is 9.86. The number of terminal acetylenes is 1. The monoisotopic (exact) mass is 740 g/mol. The highest BCUT2D eigenvalue weighted by Crippen LogP contribution is 2.65. The summed E-state index contributed by atoms with van der Waals surface area (Å²) in [5.41, 5.74) is 1.37. The minimum Gasteiger partial charge on any atom is -0.349 e. The number of likely N-dealkylation sites (tertiary alicyclic amines) is 1. The van der Waals surface area contributed by atoms with Crippen LogP contribution in [0, 0.1) is 40.9 Å². The number of rotatable bonds is 15. The van der Waals surface area contributed by atoms with Crippen LogP contribution in [0.4, 0.5) is 4.79 Å². The third kappa shape index (κ3) is 9.15. The van der Waals surface area contributed by atoms with E-state index in [-0.39, 0.29) is 49.1 Å². The normalized spacial score (nSPS) is 22.3. The van der Waals surface area contributed by atoms with E-state index in [0.29, 0.717) is 25.8 Å². The highest BCUT2D eigenvalue weighted by molar-refractivity contribution is 7.88. The van der Waals surface area contributed by atoms with Crippen molar-refractivity contribution in [3.05, 3.63) is 35.4 Å². The second-order valence-corrected chi connectivity index (χ2v) is 18.4. The summed E-state index contributed by atoms with van der Waals surface area (Å²) >= 11 is 0. The predicted molar refractivity (Wildman–Crippen MR) is 198 cm³/mol. The second-order valence-electron chi connectivity index (χ2n) is 16.3. The first kappa shape index (κ1) is 40.8. The number of carbonyl (C=O) groups excluding carboxylic acids is 5. The minimum atomic E-state index is -3.53. The summed E-state index contributed by atoms with van der Waals surface area (Å²) in [6.45, 7) is 12.2. The highest BCUT2D eigenvalue weighted by atomic mass is 32.2. The van der Waals surface area contributed by atoms with E-state index in [2.05, 4.69) is 27.2 Å². The van der Waals surface area contributed by atoms with Gasteiger partial charge >= 0.3 is 6.03 Å². The van der Waals surface area contributed by atoms with E-state index in [1.54, 1.807) is 0 Å². The van der Waals surface area contributed by atoms with Crippen molar-refractivity contribution in [3.63, 3.8) is 0 Å². The number of fused-ring (bicyclic) bond motifs is 2. The van der Waals surface area contributed by atoms with Crippen LogP contribution < -0.4 is 21.3 Å².